The number of aryl methyl sites for hydroxylation is 1. The molecule has 13 heavy (non-hydrogen) atoms. The number of nitrogen functional groups attached to an aromatic ring is 1. The summed E-state index contributed by atoms with van der Waals surface area (Å²) in [5.74, 6) is -0.294. The molecule has 0 aliphatic heterocycles. The lowest BCUT2D eigenvalue weighted by Gasteiger charge is -2.04. The number of nitrogens with two attached hydrogens (primary N) is 1. The van der Waals surface area contributed by atoms with Gasteiger partial charge in [0.25, 0.3) is 0 Å². The Morgan fingerprint density at radius 1 is 1.69 bits per heavy atom. The number of hydrogen-bond donors (Lipinski definition) is 1. The fourth-order valence-electron chi connectivity index (χ4n) is 1.01. The van der Waals surface area contributed by atoms with Crippen molar-refractivity contribution in [2.45, 2.75) is 13.3 Å². The van der Waals surface area contributed by atoms with Crippen LogP contribution in [0.2, 0.25) is 0 Å². The normalized spacial score (nSPS) is 9.69. The van der Waals surface area contributed by atoms with Crippen LogP contribution in [-0.4, -0.2) is 18.1 Å². The van der Waals surface area contributed by atoms with Crippen LogP contribution >= 0.6 is 0 Å². The third-order valence-electron chi connectivity index (χ3n) is 1.72. The van der Waals surface area contributed by atoms with Crippen molar-refractivity contribution in [3.63, 3.8) is 0 Å². The van der Waals surface area contributed by atoms with Gasteiger partial charge in [0.1, 0.15) is 0 Å². The molecule has 0 fully saturated rings. The molecule has 1 aromatic heterocycles. The number of anilines is 1. The van der Waals surface area contributed by atoms with Crippen LogP contribution in [0, 0.1) is 6.92 Å². The summed E-state index contributed by atoms with van der Waals surface area (Å²) in [6.07, 6.45) is 1.75. The Balaban J connectivity index is 2.87. The van der Waals surface area contributed by atoms with Crippen LogP contribution in [0.4, 0.5) is 5.69 Å². The number of aromatic nitrogens is 1. The monoisotopic (exact) mass is 180 g/mol. The molecule has 1 rings (SSSR count). The van der Waals surface area contributed by atoms with Gasteiger partial charge in [-0.1, -0.05) is 0 Å². The first-order valence-electron chi connectivity index (χ1n) is 3.91. The predicted octanol–water partition coefficient (Wildman–Crippen LogP) is 0.688. The summed E-state index contributed by atoms with van der Waals surface area (Å²) in [5.41, 5.74) is 7.75. The fourth-order valence-corrected chi connectivity index (χ4v) is 1.01. The van der Waals surface area contributed by atoms with Gasteiger partial charge in [0, 0.05) is 5.69 Å². The van der Waals surface area contributed by atoms with Gasteiger partial charge in [-0.3, -0.25) is 9.78 Å². The highest BCUT2D eigenvalue weighted by atomic mass is 16.5. The molecule has 0 spiro atoms. The van der Waals surface area contributed by atoms with Gasteiger partial charge in [-0.15, -0.1) is 0 Å². The number of nitrogens with zero attached hydrogens (tertiary/aromatic N) is 1. The second-order valence-corrected chi connectivity index (χ2v) is 2.78. The molecule has 0 amide bonds. The molecule has 0 aliphatic rings. The van der Waals surface area contributed by atoms with Crippen LogP contribution in [0.3, 0.4) is 0 Å². The smallest absolute Gasteiger partial charge is 0.310 e. The molecule has 1 aromatic rings. The van der Waals surface area contributed by atoms with Gasteiger partial charge < -0.3 is 10.5 Å². The highest BCUT2D eigenvalue weighted by Crippen LogP contribution is 2.12. The van der Waals surface area contributed by atoms with Gasteiger partial charge in [-0.2, -0.15) is 0 Å². The van der Waals surface area contributed by atoms with Gasteiger partial charge in [0.2, 0.25) is 0 Å². The Bertz CT molecular complexity index is 323. The summed E-state index contributed by atoms with van der Waals surface area (Å²) in [6, 6.07) is 1.78. The molecule has 4 heteroatoms. The minimum Gasteiger partial charge on any atom is -0.469 e. The van der Waals surface area contributed by atoms with Crippen LogP contribution in [0.1, 0.15) is 11.3 Å². The Labute approximate surface area is 76.7 Å². The van der Waals surface area contributed by atoms with E-state index in [0.29, 0.717) is 5.69 Å². The zero-order valence-corrected chi connectivity index (χ0v) is 7.70. The molecule has 0 saturated carbocycles. The van der Waals surface area contributed by atoms with Crippen molar-refractivity contribution in [2.75, 3.05) is 12.8 Å². The Hall–Kier alpha value is -1.58. The lowest BCUT2D eigenvalue weighted by atomic mass is 10.1. The maximum atomic E-state index is 10.9. The average Bonchev–Trinajstić information content (AvgIpc) is 2.11. The van der Waals surface area contributed by atoms with Crippen LogP contribution in [0.5, 0.6) is 0 Å². The highest BCUT2D eigenvalue weighted by Gasteiger charge is 2.06. The fraction of sp³-hybridized carbons (Fsp3) is 0.333. The van der Waals surface area contributed by atoms with Crippen molar-refractivity contribution in [3.05, 3.63) is 23.5 Å². The molecule has 2 N–H and O–H groups in total. The molecule has 0 saturated heterocycles. The Morgan fingerprint density at radius 2 is 2.38 bits per heavy atom. The number of rotatable bonds is 2. The standard InChI is InChI=1S/C9H12N2O2/c1-6-3-7(4-9(12)13-2)8(10)5-11-6/h3,5H,4,10H2,1-2H3. The van der Waals surface area contributed by atoms with Crippen molar-refractivity contribution in [2.24, 2.45) is 0 Å². The van der Waals surface area contributed by atoms with E-state index in [2.05, 4.69) is 9.72 Å². The van der Waals surface area contributed by atoms with E-state index < -0.39 is 0 Å². The van der Waals surface area contributed by atoms with Gasteiger partial charge in [-0.05, 0) is 18.6 Å². The van der Waals surface area contributed by atoms with Crippen LogP contribution in [0.25, 0.3) is 0 Å². The van der Waals surface area contributed by atoms with Crippen LogP contribution < -0.4 is 5.73 Å². The summed E-state index contributed by atoms with van der Waals surface area (Å²) >= 11 is 0. The molecule has 0 atom stereocenters. The number of esters is 1. The molecule has 1 heterocycles. The van der Waals surface area contributed by atoms with Crippen molar-refractivity contribution in [1.29, 1.82) is 0 Å². The second-order valence-electron chi connectivity index (χ2n) is 2.78. The lowest BCUT2D eigenvalue weighted by molar-refractivity contribution is -0.139. The molecule has 0 aromatic carbocycles. The molecule has 0 aliphatic carbocycles. The number of hydrogen-bond acceptors (Lipinski definition) is 4. The zero-order chi connectivity index (χ0) is 9.84. The molecule has 0 unspecified atom stereocenters. The van der Waals surface area contributed by atoms with Crippen molar-refractivity contribution >= 4 is 11.7 Å². The largest absolute Gasteiger partial charge is 0.469 e. The van der Waals surface area contributed by atoms with E-state index in [1.165, 1.54) is 7.11 Å². The predicted molar refractivity (Wildman–Crippen MR) is 49.1 cm³/mol. The maximum absolute atomic E-state index is 10.9. The number of pyridine rings is 1. The third-order valence-corrected chi connectivity index (χ3v) is 1.72. The molecule has 0 bridgehead atoms. The van der Waals surface area contributed by atoms with E-state index >= 15 is 0 Å². The third kappa shape index (κ3) is 2.43. The van der Waals surface area contributed by atoms with E-state index in [1.54, 1.807) is 12.3 Å². The van der Waals surface area contributed by atoms with E-state index in [9.17, 15) is 4.79 Å². The Morgan fingerprint density at radius 3 is 3.00 bits per heavy atom. The average molecular weight is 180 g/mol. The molecule has 70 valence electrons. The Kier molecular flexibility index (Phi) is 2.84. The molecule has 4 nitrogen and oxygen atoms in total. The number of methoxy groups -OCH3 is 1. The molecule has 0 radical (unpaired) electrons. The summed E-state index contributed by atoms with van der Waals surface area (Å²) < 4.78 is 4.53. The van der Waals surface area contributed by atoms with Gasteiger partial charge in [0.15, 0.2) is 0 Å². The van der Waals surface area contributed by atoms with Crippen LogP contribution in [0.15, 0.2) is 12.3 Å². The number of carbonyl (C=O) groups is 1. The van der Waals surface area contributed by atoms with Gasteiger partial charge in [0.05, 0.1) is 25.4 Å². The number of ether oxygens (including phenoxy) is 1. The topological polar surface area (TPSA) is 65.2 Å². The minimum absolute atomic E-state index is 0.200. The van der Waals surface area contributed by atoms with E-state index in [0.717, 1.165) is 11.3 Å². The van der Waals surface area contributed by atoms with E-state index in [4.69, 9.17) is 5.73 Å². The quantitative estimate of drug-likeness (QED) is 0.680. The van der Waals surface area contributed by atoms with Gasteiger partial charge in [-0.25, -0.2) is 0 Å². The minimum atomic E-state index is -0.294. The molecular weight excluding hydrogens is 168 g/mol. The van der Waals surface area contributed by atoms with Crippen LogP contribution in [-0.2, 0) is 16.0 Å². The molecular formula is C9H12N2O2. The summed E-state index contributed by atoms with van der Waals surface area (Å²) in [7, 11) is 1.35. The van der Waals surface area contributed by atoms with E-state index in [-0.39, 0.29) is 12.4 Å². The first-order valence-corrected chi connectivity index (χ1v) is 3.91. The van der Waals surface area contributed by atoms with E-state index in [1.807, 2.05) is 6.92 Å². The first-order chi connectivity index (χ1) is 6.13. The first kappa shape index (κ1) is 9.51. The summed E-state index contributed by atoms with van der Waals surface area (Å²) in [6.45, 7) is 1.85. The van der Waals surface area contributed by atoms with Crippen molar-refractivity contribution in [3.8, 4) is 0 Å². The number of carbonyl (C=O) groups excluding carboxylic acids is 1. The summed E-state index contributed by atoms with van der Waals surface area (Å²) in [5, 5.41) is 0. The van der Waals surface area contributed by atoms with Crippen molar-refractivity contribution < 1.29 is 9.53 Å². The maximum Gasteiger partial charge on any atom is 0.310 e. The van der Waals surface area contributed by atoms with Gasteiger partial charge >= 0.3 is 5.97 Å². The SMILES string of the molecule is COC(=O)Cc1cc(C)ncc1N. The second kappa shape index (κ2) is 3.89. The lowest BCUT2D eigenvalue weighted by Crippen LogP contribution is -2.07. The van der Waals surface area contributed by atoms with Crippen molar-refractivity contribution in [1.82, 2.24) is 4.98 Å². The zero-order valence-electron chi connectivity index (χ0n) is 7.70. The summed E-state index contributed by atoms with van der Waals surface area (Å²) in [4.78, 5) is 14.9. The highest BCUT2D eigenvalue weighted by molar-refractivity contribution is 5.74.